The Morgan fingerprint density at radius 1 is 1.09 bits per heavy atom. The Morgan fingerprint density at radius 2 is 1.76 bits per heavy atom. The largest absolute Gasteiger partial charge is 0.497 e. The molecule has 0 spiro atoms. The van der Waals surface area contributed by atoms with Crippen LogP contribution in [0.25, 0.3) is 11.0 Å². The summed E-state index contributed by atoms with van der Waals surface area (Å²) in [6, 6.07) is 12.1. The Hall–Kier alpha value is -2.95. The SMILES string of the molecule is COc1ccc(S(=O)(=O)N2CCN(Cc3nc4cc(C(=O)NC(C)C)ccc4n3C)CC2)cc1. The van der Waals surface area contributed by atoms with Crippen molar-refractivity contribution < 1.29 is 17.9 Å². The first-order valence-electron chi connectivity index (χ1n) is 11.3. The second kappa shape index (κ2) is 9.73. The lowest BCUT2D eigenvalue weighted by atomic mass is 10.2. The molecular weight excluding hydrogens is 454 g/mol. The Labute approximate surface area is 200 Å². The molecule has 0 atom stereocenters. The minimum atomic E-state index is -3.54. The summed E-state index contributed by atoms with van der Waals surface area (Å²) in [5.41, 5.74) is 2.31. The molecule has 0 bridgehead atoms. The van der Waals surface area contributed by atoms with E-state index in [0.717, 1.165) is 16.9 Å². The second-order valence-electron chi connectivity index (χ2n) is 8.77. The highest BCUT2D eigenvalue weighted by atomic mass is 32.2. The van der Waals surface area contributed by atoms with E-state index in [1.807, 2.05) is 43.7 Å². The molecular formula is C24H31N5O4S. The first-order valence-corrected chi connectivity index (χ1v) is 12.8. The second-order valence-corrected chi connectivity index (χ2v) is 10.7. The zero-order valence-corrected chi connectivity index (χ0v) is 20.8. The van der Waals surface area contributed by atoms with Gasteiger partial charge in [0.25, 0.3) is 5.91 Å². The third-order valence-corrected chi connectivity index (χ3v) is 7.96. The van der Waals surface area contributed by atoms with Crippen LogP contribution in [-0.2, 0) is 23.6 Å². The van der Waals surface area contributed by atoms with Gasteiger partial charge in [-0.3, -0.25) is 9.69 Å². The Balaban J connectivity index is 1.42. The summed E-state index contributed by atoms with van der Waals surface area (Å²) < 4.78 is 34.7. The summed E-state index contributed by atoms with van der Waals surface area (Å²) in [6.07, 6.45) is 0. The lowest BCUT2D eigenvalue weighted by Gasteiger charge is -2.33. The molecule has 9 nitrogen and oxygen atoms in total. The van der Waals surface area contributed by atoms with Gasteiger partial charge in [-0.25, -0.2) is 13.4 Å². The van der Waals surface area contributed by atoms with Crippen molar-refractivity contribution in [3.8, 4) is 5.75 Å². The van der Waals surface area contributed by atoms with E-state index in [4.69, 9.17) is 9.72 Å². The summed E-state index contributed by atoms with van der Waals surface area (Å²) in [5.74, 6) is 1.39. The number of piperazine rings is 1. The summed E-state index contributed by atoms with van der Waals surface area (Å²) in [7, 11) is -0.0286. The molecule has 0 unspecified atom stereocenters. The number of benzene rings is 2. The summed E-state index contributed by atoms with van der Waals surface area (Å²) in [5, 5.41) is 2.90. The van der Waals surface area contributed by atoms with Crippen molar-refractivity contribution in [2.24, 2.45) is 7.05 Å². The third-order valence-electron chi connectivity index (χ3n) is 6.05. The fourth-order valence-corrected chi connectivity index (χ4v) is 5.52. The van der Waals surface area contributed by atoms with Crippen LogP contribution in [-0.4, -0.2) is 72.4 Å². The predicted molar refractivity (Wildman–Crippen MR) is 130 cm³/mol. The first-order chi connectivity index (χ1) is 16.2. The molecule has 0 radical (unpaired) electrons. The quantitative estimate of drug-likeness (QED) is 0.551. The Bertz CT molecular complexity index is 1280. The van der Waals surface area contributed by atoms with Gasteiger partial charge in [-0.05, 0) is 56.3 Å². The lowest BCUT2D eigenvalue weighted by Crippen LogP contribution is -2.48. The number of methoxy groups -OCH3 is 1. The molecule has 2 heterocycles. The van der Waals surface area contributed by atoms with Crippen molar-refractivity contribution in [3.05, 3.63) is 53.9 Å². The number of amides is 1. The molecule has 1 aromatic heterocycles. The monoisotopic (exact) mass is 485 g/mol. The first kappa shape index (κ1) is 24.2. The van der Waals surface area contributed by atoms with E-state index in [-0.39, 0.29) is 16.8 Å². The number of hydrogen-bond donors (Lipinski definition) is 1. The van der Waals surface area contributed by atoms with Crippen molar-refractivity contribution in [3.63, 3.8) is 0 Å². The summed E-state index contributed by atoms with van der Waals surface area (Å²) >= 11 is 0. The molecule has 182 valence electrons. The van der Waals surface area contributed by atoms with Gasteiger partial charge in [-0.15, -0.1) is 0 Å². The zero-order valence-electron chi connectivity index (χ0n) is 20.0. The van der Waals surface area contributed by atoms with Gasteiger partial charge in [0.15, 0.2) is 0 Å². The van der Waals surface area contributed by atoms with E-state index >= 15 is 0 Å². The molecule has 1 fully saturated rings. The van der Waals surface area contributed by atoms with Gasteiger partial charge >= 0.3 is 0 Å². The number of hydrogen-bond acceptors (Lipinski definition) is 6. The Kier molecular flexibility index (Phi) is 6.92. The molecule has 4 rings (SSSR count). The van der Waals surface area contributed by atoms with Crippen molar-refractivity contribution in [2.45, 2.75) is 31.3 Å². The number of aryl methyl sites for hydroxylation is 1. The molecule has 1 saturated heterocycles. The summed E-state index contributed by atoms with van der Waals surface area (Å²) in [6.45, 7) is 6.51. The molecule has 1 aliphatic rings. The fourth-order valence-electron chi connectivity index (χ4n) is 4.10. The van der Waals surface area contributed by atoms with Gasteiger partial charge in [0.05, 0.1) is 29.6 Å². The van der Waals surface area contributed by atoms with Crippen molar-refractivity contribution in [1.29, 1.82) is 0 Å². The standard InChI is InChI=1S/C24H31N5O4S/c1-17(2)25-24(30)18-5-10-22-21(15-18)26-23(27(22)3)16-28-11-13-29(14-12-28)34(31,32)20-8-6-19(33-4)7-9-20/h5-10,15,17H,11-14,16H2,1-4H3,(H,25,30). The van der Waals surface area contributed by atoms with E-state index in [0.29, 0.717) is 44.0 Å². The maximum absolute atomic E-state index is 13.0. The average Bonchev–Trinajstić information content (AvgIpc) is 3.13. The molecule has 34 heavy (non-hydrogen) atoms. The highest BCUT2D eigenvalue weighted by molar-refractivity contribution is 7.89. The molecule has 0 aliphatic carbocycles. The van der Waals surface area contributed by atoms with Crippen molar-refractivity contribution in [1.82, 2.24) is 24.1 Å². The van der Waals surface area contributed by atoms with Crippen LogP contribution in [0.4, 0.5) is 0 Å². The molecule has 1 N–H and O–H groups in total. The fraction of sp³-hybridized carbons (Fsp3) is 0.417. The molecule has 0 saturated carbocycles. The molecule has 3 aromatic rings. The predicted octanol–water partition coefficient (Wildman–Crippen LogP) is 2.23. The molecule has 1 amide bonds. The van der Waals surface area contributed by atoms with Crippen molar-refractivity contribution >= 4 is 27.0 Å². The van der Waals surface area contributed by atoms with Gasteiger partial charge in [0.2, 0.25) is 10.0 Å². The number of nitrogens with zero attached hydrogens (tertiary/aromatic N) is 4. The number of carbonyl (C=O) groups is 1. The minimum Gasteiger partial charge on any atom is -0.497 e. The number of rotatable bonds is 7. The zero-order chi connectivity index (χ0) is 24.5. The third kappa shape index (κ3) is 4.94. The van der Waals surface area contributed by atoms with Gasteiger partial charge in [0, 0.05) is 44.8 Å². The van der Waals surface area contributed by atoms with Crippen LogP contribution in [0.15, 0.2) is 47.4 Å². The number of fused-ring (bicyclic) bond motifs is 1. The van der Waals surface area contributed by atoms with Crippen LogP contribution < -0.4 is 10.1 Å². The van der Waals surface area contributed by atoms with E-state index in [2.05, 4.69) is 10.2 Å². The maximum atomic E-state index is 13.0. The topological polar surface area (TPSA) is 96.8 Å². The van der Waals surface area contributed by atoms with Crippen LogP contribution in [0.3, 0.4) is 0 Å². The number of ether oxygens (including phenoxy) is 1. The van der Waals surface area contributed by atoms with Crippen LogP contribution in [0, 0.1) is 0 Å². The number of carbonyl (C=O) groups excluding carboxylic acids is 1. The van der Waals surface area contributed by atoms with E-state index in [1.54, 1.807) is 31.4 Å². The summed E-state index contributed by atoms with van der Waals surface area (Å²) in [4.78, 5) is 19.6. The average molecular weight is 486 g/mol. The van der Waals surface area contributed by atoms with Crippen molar-refractivity contribution in [2.75, 3.05) is 33.3 Å². The van der Waals surface area contributed by atoms with Crippen LogP contribution >= 0.6 is 0 Å². The van der Waals surface area contributed by atoms with E-state index in [1.165, 1.54) is 4.31 Å². The van der Waals surface area contributed by atoms with Gasteiger partial charge in [0.1, 0.15) is 11.6 Å². The van der Waals surface area contributed by atoms with E-state index in [9.17, 15) is 13.2 Å². The normalized spacial score (nSPS) is 15.7. The number of aromatic nitrogens is 2. The van der Waals surface area contributed by atoms with Crippen LogP contribution in [0.2, 0.25) is 0 Å². The molecule has 10 heteroatoms. The minimum absolute atomic E-state index is 0.0645. The lowest BCUT2D eigenvalue weighted by molar-refractivity contribution is 0.0943. The number of nitrogens with one attached hydrogen (secondary N) is 1. The van der Waals surface area contributed by atoms with Gasteiger partial charge < -0.3 is 14.6 Å². The van der Waals surface area contributed by atoms with Crippen LogP contribution in [0.1, 0.15) is 30.0 Å². The van der Waals surface area contributed by atoms with Gasteiger partial charge in [-0.1, -0.05) is 0 Å². The van der Waals surface area contributed by atoms with Crippen LogP contribution in [0.5, 0.6) is 5.75 Å². The molecule has 2 aromatic carbocycles. The number of imidazole rings is 1. The molecule has 1 aliphatic heterocycles. The maximum Gasteiger partial charge on any atom is 0.251 e. The van der Waals surface area contributed by atoms with E-state index < -0.39 is 10.0 Å². The smallest absolute Gasteiger partial charge is 0.251 e. The number of sulfonamides is 1. The van der Waals surface area contributed by atoms with Gasteiger partial charge in [-0.2, -0.15) is 4.31 Å². The Morgan fingerprint density at radius 3 is 2.38 bits per heavy atom. The highest BCUT2D eigenvalue weighted by Gasteiger charge is 2.29. The highest BCUT2D eigenvalue weighted by Crippen LogP contribution is 2.22.